The third-order valence-electron chi connectivity index (χ3n) is 4.84. The van der Waals surface area contributed by atoms with Gasteiger partial charge in [0.1, 0.15) is 0 Å². The van der Waals surface area contributed by atoms with Crippen molar-refractivity contribution in [1.29, 1.82) is 0 Å². The third-order valence-corrected chi connectivity index (χ3v) is 4.84. The molecule has 2 aliphatic heterocycles. The number of hydrogen-bond donors (Lipinski definition) is 1. The Labute approximate surface area is 171 Å². The van der Waals surface area contributed by atoms with Crippen molar-refractivity contribution in [2.24, 2.45) is 10.9 Å². The molecule has 0 radical (unpaired) electrons. The van der Waals surface area contributed by atoms with Gasteiger partial charge in [-0.05, 0) is 51.4 Å². The quantitative estimate of drug-likeness (QED) is 0.353. The highest BCUT2D eigenvalue weighted by molar-refractivity contribution is 14.0. The first-order valence-corrected chi connectivity index (χ1v) is 9.95. The van der Waals surface area contributed by atoms with Gasteiger partial charge in [0.2, 0.25) is 0 Å². The molecule has 1 N–H and O–H groups in total. The molecule has 1 atom stereocenters. The number of piperidine rings is 1. The van der Waals surface area contributed by atoms with Gasteiger partial charge >= 0.3 is 0 Å². The first kappa shape index (κ1) is 23.0. The fraction of sp³-hybridized carbons (Fsp3) is 0.947. The van der Waals surface area contributed by atoms with E-state index in [1.807, 2.05) is 0 Å². The molecule has 0 saturated carbocycles. The molecule has 2 aliphatic rings. The summed E-state index contributed by atoms with van der Waals surface area (Å²) in [4.78, 5) is 7.18. The lowest BCUT2D eigenvalue weighted by Gasteiger charge is -2.35. The fourth-order valence-electron chi connectivity index (χ4n) is 3.27. The van der Waals surface area contributed by atoms with Crippen LogP contribution < -0.4 is 5.32 Å². The van der Waals surface area contributed by atoms with E-state index in [1.165, 1.54) is 12.8 Å². The molecule has 2 heterocycles. The van der Waals surface area contributed by atoms with Crippen LogP contribution >= 0.6 is 24.0 Å². The largest absolute Gasteiger partial charge is 0.376 e. The van der Waals surface area contributed by atoms with Crippen molar-refractivity contribution in [2.45, 2.75) is 71.5 Å². The number of aliphatic imine (C=N–C) groups is 1. The predicted octanol–water partition coefficient (Wildman–Crippen LogP) is 3.67. The van der Waals surface area contributed by atoms with Crippen LogP contribution in [0.3, 0.4) is 0 Å². The summed E-state index contributed by atoms with van der Waals surface area (Å²) >= 11 is 0. The highest BCUT2D eigenvalue weighted by Crippen LogP contribution is 2.18. The smallest absolute Gasteiger partial charge is 0.193 e. The number of nitrogens with one attached hydrogen (secondary N) is 1. The van der Waals surface area contributed by atoms with Crippen molar-refractivity contribution in [3.05, 3.63) is 0 Å². The van der Waals surface area contributed by atoms with E-state index in [0.29, 0.717) is 18.1 Å². The Morgan fingerprint density at radius 2 is 2.00 bits per heavy atom. The first-order chi connectivity index (χ1) is 11.7. The standard InChI is InChI=1S/C19H37N3O2.HI/c1-4-20-19(21-11-8-16(2)3)22-12-9-17(10-13-22)24-15-18-7-5-6-14-23-18;/h16-18H,4-15H2,1-3H3,(H,20,21);1H. The second-order valence-electron chi connectivity index (χ2n) is 7.43. The molecule has 0 amide bonds. The van der Waals surface area contributed by atoms with E-state index >= 15 is 0 Å². The zero-order chi connectivity index (χ0) is 17.2. The summed E-state index contributed by atoms with van der Waals surface area (Å²) in [6, 6.07) is 0. The number of guanidine groups is 1. The monoisotopic (exact) mass is 467 g/mol. The van der Waals surface area contributed by atoms with E-state index < -0.39 is 0 Å². The summed E-state index contributed by atoms with van der Waals surface area (Å²) in [5.74, 6) is 1.78. The van der Waals surface area contributed by atoms with Crippen LogP contribution in [-0.2, 0) is 9.47 Å². The minimum Gasteiger partial charge on any atom is -0.376 e. The maximum Gasteiger partial charge on any atom is 0.193 e. The van der Waals surface area contributed by atoms with Crippen LogP contribution in [0.15, 0.2) is 4.99 Å². The van der Waals surface area contributed by atoms with Crippen LogP contribution in [0.25, 0.3) is 0 Å². The Morgan fingerprint density at radius 1 is 1.24 bits per heavy atom. The Hall–Kier alpha value is -0.0800. The first-order valence-electron chi connectivity index (χ1n) is 9.95. The molecule has 1 unspecified atom stereocenters. The Bertz CT molecular complexity index is 366. The third kappa shape index (κ3) is 8.91. The topological polar surface area (TPSA) is 46.1 Å². The minimum atomic E-state index is 0. The molecule has 0 aromatic heterocycles. The number of ether oxygens (including phenoxy) is 2. The second-order valence-corrected chi connectivity index (χ2v) is 7.43. The van der Waals surface area contributed by atoms with Crippen molar-refractivity contribution >= 4 is 29.9 Å². The molecule has 0 aromatic rings. The highest BCUT2D eigenvalue weighted by atomic mass is 127. The van der Waals surface area contributed by atoms with Gasteiger partial charge in [-0.3, -0.25) is 4.99 Å². The van der Waals surface area contributed by atoms with E-state index in [1.54, 1.807) is 0 Å². The molecule has 6 heteroatoms. The lowest BCUT2D eigenvalue weighted by Crippen LogP contribution is -2.47. The zero-order valence-corrected chi connectivity index (χ0v) is 18.7. The summed E-state index contributed by atoms with van der Waals surface area (Å²) in [5, 5.41) is 3.44. The number of nitrogens with zero attached hydrogens (tertiary/aromatic N) is 2. The summed E-state index contributed by atoms with van der Waals surface area (Å²) in [7, 11) is 0. The zero-order valence-electron chi connectivity index (χ0n) is 16.3. The molecule has 25 heavy (non-hydrogen) atoms. The summed E-state index contributed by atoms with van der Waals surface area (Å²) < 4.78 is 11.9. The number of halogens is 1. The number of rotatable bonds is 7. The lowest BCUT2D eigenvalue weighted by atomic mass is 10.1. The summed E-state index contributed by atoms with van der Waals surface area (Å²) in [6.45, 7) is 12.2. The van der Waals surface area contributed by atoms with Gasteiger partial charge in [0, 0.05) is 32.8 Å². The van der Waals surface area contributed by atoms with Crippen molar-refractivity contribution < 1.29 is 9.47 Å². The van der Waals surface area contributed by atoms with Crippen molar-refractivity contribution in [2.75, 3.05) is 39.4 Å². The maximum atomic E-state index is 6.11. The molecule has 0 aromatic carbocycles. The lowest BCUT2D eigenvalue weighted by molar-refractivity contribution is -0.0721. The minimum absolute atomic E-state index is 0. The van der Waals surface area contributed by atoms with E-state index in [9.17, 15) is 0 Å². The highest BCUT2D eigenvalue weighted by Gasteiger charge is 2.23. The predicted molar refractivity (Wildman–Crippen MR) is 115 cm³/mol. The van der Waals surface area contributed by atoms with Crippen molar-refractivity contribution in [3.8, 4) is 0 Å². The molecule has 0 spiro atoms. The molecular formula is C19H38IN3O2. The van der Waals surface area contributed by atoms with Crippen LogP contribution in [0, 0.1) is 5.92 Å². The van der Waals surface area contributed by atoms with E-state index in [2.05, 4.69) is 31.0 Å². The molecule has 0 bridgehead atoms. The van der Waals surface area contributed by atoms with Gasteiger partial charge in [-0.15, -0.1) is 24.0 Å². The molecule has 2 saturated heterocycles. The molecule has 2 rings (SSSR count). The Kier molecular flexibility index (Phi) is 12.1. The number of likely N-dealkylation sites (tertiary alicyclic amines) is 1. The normalized spacial score (nSPS) is 22.8. The van der Waals surface area contributed by atoms with E-state index in [0.717, 1.165) is 71.0 Å². The fourth-order valence-corrected chi connectivity index (χ4v) is 3.27. The van der Waals surface area contributed by atoms with Gasteiger partial charge in [-0.2, -0.15) is 0 Å². The molecule has 0 aliphatic carbocycles. The van der Waals surface area contributed by atoms with E-state index in [4.69, 9.17) is 14.5 Å². The van der Waals surface area contributed by atoms with Gasteiger partial charge in [-0.25, -0.2) is 0 Å². The van der Waals surface area contributed by atoms with Crippen LogP contribution in [0.4, 0.5) is 0 Å². The summed E-state index contributed by atoms with van der Waals surface area (Å²) in [6.07, 6.45) is 7.67. The van der Waals surface area contributed by atoms with Gasteiger partial charge < -0.3 is 19.7 Å². The van der Waals surface area contributed by atoms with Crippen LogP contribution in [-0.4, -0.2) is 62.5 Å². The average Bonchev–Trinajstić information content (AvgIpc) is 2.60. The van der Waals surface area contributed by atoms with Gasteiger partial charge in [0.05, 0.1) is 18.8 Å². The SMILES string of the molecule is CCNC(=NCCC(C)C)N1CCC(OCC2CCCCO2)CC1.I. The van der Waals surface area contributed by atoms with Crippen molar-refractivity contribution in [3.63, 3.8) is 0 Å². The maximum absolute atomic E-state index is 6.11. The van der Waals surface area contributed by atoms with E-state index in [-0.39, 0.29) is 24.0 Å². The van der Waals surface area contributed by atoms with Crippen LogP contribution in [0.2, 0.25) is 0 Å². The van der Waals surface area contributed by atoms with Gasteiger partial charge in [0.15, 0.2) is 5.96 Å². The molecule has 5 nitrogen and oxygen atoms in total. The van der Waals surface area contributed by atoms with Crippen LogP contribution in [0.5, 0.6) is 0 Å². The molecular weight excluding hydrogens is 429 g/mol. The van der Waals surface area contributed by atoms with Crippen molar-refractivity contribution in [1.82, 2.24) is 10.2 Å². The number of hydrogen-bond acceptors (Lipinski definition) is 3. The second kappa shape index (κ2) is 13.1. The van der Waals surface area contributed by atoms with Gasteiger partial charge in [-0.1, -0.05) is 13.8 Å². The van der Waals surface area contributed by atoms with Crippen LogP contribution in [0.1, 0.15) is 59.3 Å². The molecule has 2 fully saturated rings. The Morgan fingerprint density at radius 3 is 2.60 bits per heavy atom. The van der Waals surface area contributed by atoms with Gasteiger partial charge in [0.25, 0.3) is 0 Å². The Balaban J connectivity index is 0.00000312. The molecule has 148 valence electrons. The average molecular weight is 467 g/mol. The summed E-state index contributed by atoms with van der Waals surface area (Å²) in [5.41, 5.74) is 0.